The minimum Gasteiger partial charge on any atom is -0.342 e. The summed E-state index contributed by atoms with van der Waals surface area (Å²) in [5.41, 5.74) is -0.863. The Kier molecular flexibility index (Phi) is 23.6. The summed E-state index contributed by atoms with van der Waals surface area (Å²) in [6.45, 7) is 32.1. The van der Waals surface area contributed by atoms with E-state index in [4.69, 9.17) is 0 Å². The third-order valence-corrected chi connectivity index (χ3v) is 13.6. The van der Waals surface area contributed by atoms with E-state index in [9.17, 15) is 28.8 Å². The molecule has 2 aliphatic rings. The van der Waals surface area contributed by atoms with Crippen molar-refractivity contribution in [3.05, 3.63) is 0 Å². The molecule has 0 aromatic rings. The number of rotatable bonds is 25. The fourth-order valence-electron chi connectivity index (χ4n) is 8.72. The molecule has 14 heteroatoms. The number of hydrogen-bond donors (Lipinski definition) is 4. The van der Waals surface area contributed by atoms with Crippen LogP contribution in [0.15, 0.2) is 0 Å². The number of likely N-dealkylation sites (N-methyl/N-ethyl adjacent to an activating group) is 2. The Bertz CT molecular complexity index is 1440. The van der Waals surface area contributed by atoms with Crippen LogP contribution in [0.25, 0.3) is 0 Å². The van der Waals surface area contributed by atoms with E-state index in [0.717, 1.165) is 77.0 Å². The van der Waals surface area contributed by atoms with Gasteiger partial charge in [0, 0.05) is 64.2 Å². The van der Waals surface area contributed by atoms with Crippen LogP contribution in [0.5, 0.6) is 0 Å². The molecule has 0 aromatic carbocycles. The van der Waals surface area contributed by atoms with Gasteiger partial charge in [-0.05, 0) is 101 Å². The fraction of sp³-hybridized carbons (Fsp3) is 0.885. The van der Waals surface area contributed by atoms with Gasteiger partial charge in [0.05, 0.1) is 12.1 Å². The van der Waals surface area contributed by atoms with Gasteiger partial charge in [-0.15, -0.1) is 0 Å². The van der Waals surface area contributed by atoms with E-state index < -0.39 is 35.0 Å². The maximum absolute atomic E-state index is 14.1. The zero-order chi connectivity index (χ0) is 50.2. The monoisotopic (exact) mass is 931 g/mol. The van der Waals surface area contributed by atoms with Gasteiger partial charge in [-0.25, -0.2) is 0 Å². The molecule has 382 valence electrons. The van der Waals surface area contributed by atoms with E-state index in [1.807, 2.05) is 61.1 Å². The van der Waals surface area contributed by atoms with Crippen LogP contribution in [-0.2, 0) is 28.8 Å². The fourth-order valence-corrected chi connectivity index (χ4v) is 8.72. The molecule has 2 aliphatic heterocycles. The van der Waals surface area contributed by atoms with Crippen molar-refractivity contribution in [1.82, 2.24) is 40.9 Å². The van der Waals surface area contributed by atoms with Crippen molar-refractivity contribution in [2.45, 2.75) is 223 Å². The first kappa shape index (κ1) is 58.9. The molecule has 0 saturated carbocycles. The number of carbonyl (C=O) groups excluding carboxylic acids is 6. The molecule has 0 aromatic heterocycles. The number of carbonyl (C=O) groups is 6. The second-order valence-electron chi connectivity index (χ2n) is 24.2. The smallest absolute Gasteiger partial charge is 0.246 e. The highest BCUT2D eigenvalue weighted by Gasteiger charge is 2.42. The van der Waals surface area contributed by atoms with Gasteiger partial charge in [-0.2, -0.15) is 0 Å². The van der Waals surface area contributed by atoms with Crippen molar-refractivity contribution in [1.29, 1.82) is 0 Å². The predicted molar refractivity (Wildman–Crippen MR) is 268 cm³/mol. The van der Waals surface area contributed by atoms with E-state index in [2.05, 4.69) is 62.8 Å². The van der Waals surface area contributed by atoms with Crippen molar-refractivity contribution in [2.24, 2.45) is 21.7 Å². The summed E-state index contributed by atoms with van der Waals surface area (Å²) in [4.78, 5) is 89.6. The zero-order valence-electron chi connectivity index (χ0n) is 44.8. The number of likely N-dealkylation sites (tertiary alicyclic amines) is 2. The lowest BCUT2D eigenvalue weighted by atomic mass is 9.85. The molecule has 6 amide bonds. The molecule has 14 nitrogen and oxygen atoms in total. The topological polar surface area (TPSA) is 163 Å². The first-order valence-corrected chi connectivity index (χ1v) is 25.6. The Morgan fingerprint density at radius 2 is 0.848 bits per heavy atom. The van der Waals surface area contributed by atoms with Crippen LogP contribution in [0.4, 0.5) is 0 Å². The normalized spacial score (nSPS) is 19.0. The van der Waals surface area contributed by atoms with Gasteiger partial charge in [0.1, 0.15) is 12.1 Å². The largest absolute Gasteiger partial charge is 0.342 e. The lowest BCUT2D eigenvalue weighted by molar-refractivity contribution is -0.142. The number of amides is 6. The highest BCUT2D eigenvalue weighted by molar-refractivity contribution is 5.91. The molecule has 4 N–H and O–H groups in total. The van der Waals surface area contributed by atoms with Crippen LogP contribution in [0.2, 0.25) is 0 Å². The van der Waals surface area contributed by atoms with Crippen LogP contribution < -0.4 is 21.3 Å². The Hall–Kier alpha value is -3.26. The maximum atomic E-state index is 14.1. The zero-order valence-corrected chi connectivity index (χ0v) is 44.8. The molecule has 2 heterocycles. The van der Waals surface area contributed by atoms with Gasteiger partial charge >= 0.3 is 0 Å². The molecule has 0 unspecified atom stereocenters. The van der Waals surface area contributed by atoms with E-state index in [1.54, 1.807) is 27.9 Å². The average Bonchev–Trinajstić information content (AvgIpc) is 3.89. The van der Waals surface area contributed by atoms with Crippen molar-refractivity contribution in [3.63, 3.8) is 0 Å². The number of hydrogen-bond acceptors (Lipinski definition) is 8. The number of nitrogens with zero attached hydrogens (tertiary/aromatic N) is 4. The second-order valence-corrected chi connectivity index (χ2v) is 24.2. The molecule has 0 bridgehead atoms. The van der Waals surface area contributed by atoms with E-state index in [0.29, 0.717) is 52.1 Å². The van der Waals surface area contributed by atoms with Crippen molar-refractivity contribution in [2.75, 3.05) is 53.4 Å². The Morgan fingerprint density at radius 1 is 0.530 bits per heavy atom. The Labute approximate surface area is 402 Å². The summed E-state index contributed by atoms with van der Waals surface area (Å²) < 4.78 is 0. The Balaban J connectivity index is 1.98. The molecule has 66 heavy (non-hydrogen) atoms. The van der Waals surface area contributed by atoms with Crippen molar-refractivity contribution >= 4 is 35.4 Å². The van der Waals surface area contributed by atoms with Crippen LogP contribution in [0, 0.1) is 21.7 Å². The molecule has 6 atom stereocenters. The average molecular weight is 931 g/mol. The lowest BCUT2D eigenvalue weighted by Gasteiger charge is -2.38. The summed E-state index contributed by atoms with van der Waals surface area (Å²) in [5, 5.41) is 12.0. The summed E-state index contributed by atoms with van der Waals surface area (Å²) in [7, 11) is 3.46. The van der Waals surface area contributed by atoms with Gasteiger partial charge in [-0.1, -0.05) is 109 Å². The van der Waals surface area contributed by atoms with Crippen LogP contribution >= 0.6 is 0 Å². The third kappa shape index (κ3) is 20.1. The molecule has 2 saturated heterocycles. The molecule has 0 radical (unpaired) electrons. The van der Waals surface area contributed by atoms with E-state index in [1.165, 1.54) is 0 Å². The maximum Gasteiger partial charge on any atom is 0.246 e. The van der Waals surface area contributed by atoms with E-state index >= 15 is 0 Å². The van der Waals surface area contributed by atoms with Gasteiger partial charge in [-0.3, -0.25) is 28.8 Å². The summed E-state index contributed by atoms with van der Waals surface area (Å²) in [5.74, 6) is -0.306. The minimum atomic E-state index is -0.674. The van der Waals surface area contributed by atoms with Gasteiger partial charge < -0.3 is 40.9 Å². The standard InChI is InChI=1S/C52H98N8O6/c1-37(53-15)45(63)55-43(51(9,10)11)47(65)59-31-23-25-39(59)35-57(33-29-49(3,4)5)41(61)27-21-19-17-18-20-22-28-42(62)58(34-30-50(6,7)8)36-40-26-24-32-60(40)48(66)44(52(12,13)14)56-46(64)38(2)54-16/h37-40,43-44,53-54H,17-36H2,1-16H3,(H,55,63)(H,56,64)/t37-,38-,39+,40+,43+,44+/m0/s1. The Morgan fingerprint density at radius 3 is 1.14 bits per heavy atom. The lowest BCUT2D eigenvalue weighted by Crippen LogP contribution is -2.59. The van der Waals surface area contributed by atoms with Crippen LogP contribution in [0.1, 0.15) is 187 Å². The summed E-state index contributed by atoms with van der Waals surface area (Å²) in [6, 6.07) is -2.38. The van der Waals surface area contributed by atoms with Gasteiger partial charge in [0.25, 0.3) is 0 Å². The SMILES string of the molecule is CN[C@@H](C)C(=O)N[C@H](C(=O)N1CCC[C@@H]1CN(CCC(C)(C)C)C(=O)CCCCCCCCC(=O)N(CCC(C)(C)C)C[C@H]1CCCN1C(=O)[C@@H](NC(=O)[C@H](C)NC)C(C)(C)C)C(C)(C)C. The molecular weight excluding hydrogens is 833 g/mol. The predicted octanol–water partition coefficient (Wildman–Crippen LogP) is 6.90. The number of nitrogens with one attached hydrogen (secondary N) is 4. The minimum absolute atomic E-state index is 0.0528. The molecule has 2 fully saturated rings. The van der Waals surface area contributed by atoms with Crippen molar-refractivity contribution in [3.8, 4) is 0 Å². The first-order chi connectivity index (χ1) is 30.5. The molecule has 0 spiro atoms. The third-order valence-electron chi connectivity index (χ3n) is 13.6. The van der Waals surface area contributed by atoms with E-state index in [-0.39, 0.29) is 58.4 Å². The number of unbranched alkanes of at least 4 members (excludes halogenated alkanes) is 5. The highest BCUT2D eigenvalue weighted by atomic mass is 16.2. The van der Waals surface area contributed by atoms with Gasteiger partial charge in [0.2, 0.25) is 35.4 Å². The second kappa shape index (κ2) is 26.5. The quantitative estimate of drug-likeness (QED) is 0.0720. The first-order valence-electron chi connectivity index (χ1n) is 25.6. The van der Waals surface area contributed by atoms with Crippen molar-refractivity contribution < 1.29 is 28.8 Å². The van der Waals surface area contributed by atoms with Crippen LogP contribution in [-0.4, -0.2) is 145 Å². The molecule has 0 aliphatic carbocycles. The highest BCUT2D eigenvalue weighted by Crippen LogP contribution is 2.30. The summed E-state index contributed by atoms with van der Waals surface area (Å²) >= 11 is 0. The van der Waals surface area contributed by atoms with Crippen LogP contribution in [0.3, 0.4) is 0 Å². The molecule has 2 rings (SSSR count). The molecular formula is C52H98N8O6. The summed E-state index contributed by atoms with van der Waals surface area (Å²) in [6.07, 6.45) is 11.5. The van der Waals surface area contributed by atoms with Gasteiger partial charge in [0.15, 0.2) is 0 Å².